The summed E-state index contributed by atoms with van der Waals surface area (Å²) in [5, 5.41) is 7.46. The van der Waals surface area contributed by atoms with Gasteiger partial charge in [0.2, 0.25) is 5.88 Å². The SMILES string of the molecule is Fc1ccc(F)c(-n2nc(OC[C@@H]3CNCCO3)c3c(F)cccc32)c1. The van der Waals surface area contributed by atoms with E-state index < -0.39 is 17.5 Å². The Morgan fingerprint density at radius 1 is 1.19 bits per heavy atom. The van der Waals surface area contributed by atoms with Gasteiger partial charge in [-0.15, -0.1) is 5.10 Å². The van der Waals surface area contributed by atoms with Crippen LogP contribution in [-0.2, 0) is 4.74 Å². The van der Waals surface area contributed by atoms with Crippen LogP contribution in [0.15, 0.2) is 36.4 Å². The normalized spacial score (nSPS) is 17.6. The van der Waals surface area contributed by atoms with Gasteiger partial charge in [0.25, 0.3) is 0 Å². The molecule has 2 aromatic carbocycles. The van der Waals surface area contributed by atoms with Crippen molar-refractivity contribution in [3.63, 3.8) is 0 Å². The second-order valence-corrected chi connectivity index (χ2v) is 5.95. The average molecular weight is 363 g/mol. The van der Waals surface area contributed by atoms with Gasteiger partial charge < -0.3 is 14.8 Å². The average Bonchev–Trinajstić information content (AvgIpc) is 3.03. The van der Waals surface area contributed by atoms with Crippen molar-refractivity contribution in [3.8, 4) is 11.6 Å². The third-order valence-corrected chi connectivity index (χ3v) is 4.17. The standard InChI is InChI=1S/C18H16F3N3O2/c19-11-4-5-13(20)16(8-11)24-15-3-1-2-14(21)17(15)18(23-24)26-10-12-9-22-6-7-25-12/h1-5,8,12,22H,6-7,9-10H2/t12-/m0/s1. The van der Waals surface area contributed by atoms with Crippen molar-refractivity contribution in [1.29, 1.82) is 0 Å². The Morgan fingerprint density at radius 2 is 2.08 bits per heavy atom. The first-order valence-electron chi connectivity index (χ1n) is 8.21. The lowest BCUT2D eigenvalue weighted by Crippen LogP contribution is -2.41. The molecule has 1 aliphatic heterocycles. The number of ether oxygens (including phenoxy) is 2. The largest absolute Gasteiger partial charge is 0.473 e. The number of morpholine rings is 1. The number of rotatable bonds is 4. The predicted octanol–water partition coefficient (Wildman–Crippen LogP) is 2.81. The molecule has 3 aromatic rings. The number of aromatic nitrogens is 2. The highest BCUT2D eigenvalue weighted by Crippen LogP contribution is 2.31. The molecule has 0 aliphatic carbocycles. The number of nitrogens with one attached hydrogen (secondary N) is 1. The minimum atomic E-state index is -0.675. The molecule has 1 atom stereocenters. The fourth-order valence-corrected chi connectivity index (χ4v) is 2.93. The van der Waals surface area contributed by atoms with Crippen LogP contribution in [0.3, 0.4) is 0 Å². The second-order valence-electron chi connectivity index (χ2n) is 5.95. The van der Waals surface area contributed by atoms with E-state index in [4.69, 9.17) is 9.47 Å². The van der Waals surface area contributed by atoms with Crippen LogP contribution in [0.5, 0.6) is 5.88 Å². The molecule has 0 bridgehead atoms. The lowest BCUT2D eigenvalue weighted by Gasteiger charge is -2.23. The first-order valence-corrected chi connectivity index (χ1v) is 8.21. The van der Waals surface area contributed by atoms with Crippen LogP contribution >= 0.6 is 0 Å². The van der Waals surface area contributed by atoms with E-state index in [1.54, 1.807) is 6.07 Å². The van der Waals surface area contributed by atoms with Gasteiger partial charge in [0.05, 0.1) is 17.5 Å². The van der Waals surface area contributed by atoms with E-state index in [9.17, 15) is 13.2 Å². The number of nitrogens with zero attached hydrogens (tertiary/aromatic N) is 2. The molecule has 2 heterocycles. The predicted molar refractivity (Wildman–Crippen MR) is 89.0 cm³/mol. The fourth-order valence-electron chi connectivity index (χ4n) is 2.93. The minimum Gasteiger partial charge on any atom is -0.473 e. The van der Waals surface area contributed by atoms with Gasteiger partial charge in [-0.2, -0.15) is 0 Å². The number of fused-ring (bicyclic) bond motifs is 1. The smallest absolute Gasteiger partial charge is 0.244 e. The maximum Gasteiger partial charge on any atom is 0.244 e. The molecule has 1 aromatic heterocycles. The highest BCUT2D eigenvalue weighted by atomic mass is 19.1. The van der Waals surface area contributed by atoms with Crippen molar-refractivity contribution in [2.45, 2.75) is 6.10 Å². The molecule has 0 spiro atoms. The van der Waals surface area contributed by atoms with Gasteiger partial charge in [-0.3, -0.25) is 0 Å². The van der Waals surface area contributed by atoms with Gasteiger partial charge in [0, 0.05) is 19.2 Å². The fraction of sp³-hybridized carbons (Fsp3) is 0.278. The van der Waals surface area contributed by atoms with Gasteiger partial charge in [0.15, 0.2) is 0 Å². The summed E-state index contributed by atoms with van der Waals surface area (Å²) in [6.07, 6.45) is -0.193. The van der Waals surface area contributed by atoms with Crippen molar-refractivity contribution in [2.75, 3.05) is 26.3 Å². The third kappa shape index (κ3) is 3.13. The summed E-state index contributed by atoms with van der Waals surface area (Å²) < 4.78 is 54.5. The Morgan fingerprint density at radius 3 is 2.88 bits per heavy atom. The summed E-state index contributed by atoms with van der Waals surface area (Å²) in [7, 11) is 0. The minimum absolute atomic E-state index is 0.0101. The van der Waals surface area contributed by atoms with E-state index in [0.29, 0.717) is 13.2 Å². The quantitative estimate of drug-likeness (QED) is 0.775. The molecule has 26 heavy (non-hydrogen) atoms. The molecule has 1 N–H and O–H groups in total. The van der Waals surface area contributed by atoms with Crippen LogP contribution in [0.25, 0.3) is 16.6 Å². The van der Waals surface area contributed by atoms with Crippen LogP contribution in [-0.4, -0.2) is 42.2 Å². The Hall–Kier alpha value is -2.58. The molecule has 5 nitrogen and oxygen atoms in total. The molecular formula is C18H16F3N3O2. The first kappa shape index (κ1) is 16.9. The summed E-state index contributed by atoms with van der Waals surface area (Å²) in [4.78, 5) is 0. The van der Waals surface area contributed by atoms with Crippen molar-refractivity contribution < 1.29 is 22.6 Å². The molecule has 1 saturated heterocycles. The third-order valence-electron chi connectivity index (χ3n) is 4.17. The van der Waals surface area contributed by atoms with Gasteiger partial charge >= 0.3 is 0 Å². The molecular weight excluding hydrogens is 347 g/mol. The summed E-state index contributed by atoms with van der Waals surface area (Å²) in [6, 6.07) is 7.33. The zero-order valence-corrected chi connectivity index (χ0v) is 13.7. The van der Waals surface area contributed by atoms with Crippen LogP contribution in [0.1, 0.15) is 0 Å². The highest BCUT2D eigenvalue weighted by Gasteiger charge is 2.21. The lowest BCUT2D eigenvalue weighted by atomic mass is 10.2. The number of benzene rings is 2. The maximum atomic E-state index is 14.4. The molecule has 0 amide bonds. The van der Waals surface area contributed by atoms with Crippen molar-refractivity contribution in [2.24, 2.45) is 0 Å². The maximum absolute atomic E-state index is 14.4. The number of hydrogen-bond donors (Lipinski definition) is 1. The van der Waals surface area contributed by atoms with Crippen LogP contribution in [0, 0.1) is 17.5 Å². The van der Waals surface area contributed by atoms with E-state index >= 15 is 0 Å². The van der Waals surface area contributed by atoms with Crippen molar-refractivity contribution in [3.05, 3.63) is 53.8 Å². The monoisotopic (exact) mass is 363 g/mol. The van der Waals surface area contributed by atoms with E-state index in [0.717, 1.165) is 29.4 Å². The molecule has 1 aliphatic rings. The van der Waals surface area contributed by atoms with Gasteiger partial charge in [0.1, 0.15) is 35.8 Å². The zero-order valence-electron chi connectivity index (χ0n) is 13.7. The van der Waals surface area contributed by atoms with Gasteiger partial charge in [-0.05, 0) is 24.3 Å². The van der Waals surface area contributed by atoms with Crippen molar-refractivity contribution >= 4 is 10.9 Å². The van der Waals surface area contributed by atoms with Gasteiger partial charge in [-0.25, -0.2) is 17.9 Å². The lowest BCUT2D eigenvalue weighted by molar-refractivity contribution is -0.000540. The molecule has 1 fully saturated rings. The number of halogens is 3. The van der Waals surface area contributed by atoms with Crippen LogP contribution in [0.2, 0.25) is 0 Å². The molecule has 136 valence electrons. The van der Waals surface area contributed by atoms with Gasteiger partial charge in [-0.1, -0.05) is 6.07 Å². The van der Waals surface area contributed by atoms with Crippen molar-refractivity contribution in [1.82, 2.24) is 15.1 Å². The molecule has 0 radical (unpaired) electrons. The summed E-state index contributed by atoms with van der Waals surface area (Å²) in [5.41, 5.74) is 0.165. The van der Waals surface area contributed by atoms with E-state index in [1.165, 1.54) is 12.1 Å². The second kappa shape index (κ2) is 6.97. The van der Waals surface area contributed by atoms with E-state index in [1.807, 2.05) is 0 Å². The zero-order chi connectivity index (χ0) is 18.1. The Balaban J connectivity index is 1.75. The van der Waals surface area contributed by atoms with Crippen LogP contribution in [0.4, 0.5) is 13.2 Å². The summed E-state index contributed by atoms with van der Waals surface area (Å²) in [5.74, 6) is -1.84. The van der Waals surface area contributed by atoms with Crippen LogP contribution < -0.4 is 10.1 Å². The first-order chi connectivity index (χ1) is 12.6. The molecule has 4 rings (SSSR count). The van der Waals surface area contributed by atoms with E-state index in [-0.39, 0.29) is 35.2 Å². The Labute approximate surface area is 147 Å². The number of hydrogen-bond acceptors (Lipinski definition) is 4. The highest BCUT2D eigenvalue weighted by molar-refractivity contribution is 5.86. The summed E-state index contributed by atoms with van der Waals surface area (Å²) in [6.45, 7) is 2.10. The van der Waals surface area contributed by atoms with E-state index in [2.05, 4.69) is 10.4 Å². The Kier molecular flexibility index (Phi) is 4.52. The summed E-state index contributed by atoms with van der Waals surface area (Å²) >= 11 is 0. The molecule has 0 unspecified atom stereocenters. The molecule has 8 heteroatoms. The topological polar surface area (TPSA) is 48.3 Å². The Bertz CT molecular complexity index is 939. The molecule has 0 saturated carbocycles.